The molecule has 0 bridgehead atoms. The Labute approximate surface area is 276 Å². The molecule has 1 amide bonds. The van der Waals surface area contributed by atoms with Crippen LogP contribution in [0.5, 0.6) is 5.75 Å². The monoisotopic (exact) mass is 660 g/mol. The van der Waals surface area contributed by atoms with Crippen molar-refractivity contribution in [1.29, 1.82) is 0 Å². The summed E-state index contributed by atoms with van der Waals surface area (Å²) >= 11 is 0. The molecular weight excluding hydrogens is 616 g/mol. The fourth-order valence-corrected chi connectivity index (χ4v) is 8.34. The van der Waals surface area contributed by atoms with Crippen LogP contribution >= 0.6 is 0 Å². The molecule has 12 heteroatoms. The van der Waals surface area contributed by atoms with Crippen molar-refractivity contribution in [3.05, 3.63) is 75.3 Å². The average Bonchev–Trinajstić information content (AvgIpc) is 3.74. The number of aryl methyl sites for hydroxylation is 2. The van der Waals surface area contributed by atoms with Gasteiger partial charge in [0.05, 0.1) is 34.8 Å². The maximum Gasteiger partial charge on any atom is 0.253 e. The lowest BCUT2D eigenvalue weighted by molar-refractivity contribution is 0.0952. The number of aromatic nitrogens is 3. The van der Waals surface area contributed by atoms with E-state index in [2.05, 4.69) is 22.1 Å². The molecule has 3 heterocycles. The molecule has 11 nitrogen and oxygen atoms in total. The molecule has 1 aliphatic carbocycles. The van der Waals surface area contributed by atoms with Gasteiger partial charge in [-0.15, -0.1) is 0 Å². The molecule has 250 valence electrons. The van der Waals surface area contributed by atoms with Gasteiger partial charge in [-0.1, -0.05) is 19.8 Å². The number of rotatable bonds is 10. The Morgan fingerprint density at radius 3 is 2.47 bits per heavy atom. The fourth-order valence-electron chi connectivity index (χ4n) is 6.91. The van der Waals surface area contributed by atoms with Crippen LogP contribution in [0, 0.1) is 13.8 Å². The number of likely N-dealkylation sites (N-methyl/N-ethyl adjacent to an activating group) is 1. The quantitative estimate of drug-likeness (QED) is 0.251. The van der Waals surface area contributed by atoms with E-state index in [4.69, 9.17) is 9.84 Å². The van der Waals surface area contributed by atoms with Crippen LogP contribution in [0.2, 0.25) is 0 Å². The highest BCUT2D eigenvalue weighted by atomic mass is 32.2. The first kappa shape index (κ1) is 32.9. The van der Waals surface area contributed by atoms with Gasteiger partial charge in [0, 0.05) is 61.0 Å². The van der Waals surface area contributed by atoms with Gasteiger partial charge < -0.3 is 19.9 Å². The van der Waals surface area contributed by atoms with E-state index in [1.165, 1.54) is 0 Å². The van der Waals surface area contributed by atoms with Crippen LogP contribution in [0.1, 0.15) is 72.8 Å². The van der Waals surface area contributed by atoms with E-state index in [0.29, 0.717) is 55.2 Å². The Morgan fingerprint density at radius 1 is 1.04 bits per heavy atom. The summed E-state index contributed by atoms with van der Waals surface area (Å²) in [6, 6.07) is 10.9. The number of H-pyrrole nitrogens is 1. The zero-order valence-electron chi connectivity index (χ0n) is 27.6. The number of amides is 1. The molecule has 2 aromatic carbocycles. The summed E-state index contributed by atoms with van der Waals surface area (Å²) in [5, 5.41) is 8.42. The van der Waals surface area contributed by atoms with Crippen molar-refractivity contribution in [2.45, 2.75) is 70.9 Å². The predicted molar refractivity (Wildman–Crippen MR) is 182 cm³/mol. The van der Waals surface area contributed by atoms with Crippen LogP contribution in [0.15, 0.2) is 52.3 Å². The summed E-state index contributed by atoms with van der Waals surface area (Å²) < 4.78 is 37.0. The molecule has 2 fully saturated rings. The number of aromatic amines is 1. The van der Waals surface area contributed by atoms with Gasteiger partial charge >= 0.3 is 0 Å². The number of ether oxygens (including phenoxy) is 1. The molecule has 2 aromatic heterocycles. The number of benzene rings is 2. The van der Waals surface area contributed by atoms with E-state index in [1.54, 1.807) is 34.8 Å². The summed E-state index contributed by atoms with van der Waals surface area (Å²) in [7, 11) is -3.72. The van der Waals surface area contributed by atoms with Gasteiger partial charge in [-0.05, 0) is 81.6 Å². The predicted octanol–water partition coefficient (Wildman–Crippen LogP) is 4.78. The van der Waals surface area contributed by atoms with Gasteiger partial charge in [0.2, 0.25) is 10.0 Å². The van der Waals surface area contributed by atoms with Crippen molar-refractivity contribution in [3.63, 3.8) is 0 Å². The van der Waals surface area contributed by atoms with Crippen molar-refractivity contribution < 1.29 is 17.9 Å². The normalized spacial score (nSPS) is 16.6. The van der Waals surface area contributed by atoms with Gasteiger partial charge in [-0.2, -0.15) is 9.40 Å². The second-order valence-corrected chi connectivity index (χ2v) is 14.5. The maximum absolute atomic E-state index is 13.9. The summed E-state index contributed by atoms with van der Waals surface area (Å²) in [5.74, 6) is 0.103. The lowest BCUT2D eigenvalue weighted by Crippen LogP contribution is -2.48. The molecule has 2 aliphatic rings. The molecule has 2 N–H and O–H groups in total. The summed E-state index contributed by atoms with van der Waals surface area (Å²) in [6.07, 6.45) is 6.03. The Balaban J connectivity index is 1.40. The third-order valence-electron chi connectivity index (χ3n) is 9.53. The number of hydrogen-bond acceptors (Lipinski definition) is 7. The highest BCUT2D eigenvalue weighted by molar-refractivity contribution is 7.89. The molecule has 0 atom stereocenters. The van der Waals surface area contributed by atoms with Crippen molar-refractivity contribution in [3.8, 4) is 16.9 Å². The number of carbonyl (C=O) groups excluding carboxylic acids is 1. The Morgan fingerprint density at radius 2 is 1.79 bits per heavy atom. The largest absolute Gasteiger partial charge is 0.493 e. The third kappa shape index (κ3) is 6.59. The minimum Gasteiger partial charge on any atom is -0.493 e. The highest BCUT2D eigenvalue weighted by Gasteiger charge is 2.29. The molecule has 47 heavy (non-hydrogen) atoms. The number of sulfonamides is 1. The number of pyridine rings is 1. The SMILES string of the molecule is CCOc1cc(S(=O)(=O)N2CCN(CC)CC2)ccc1-c1cc(C(=O)NCc2c(C)cc(C)[nH]c2=O)c2cnn(C3CCCC3)c2c1. The lowest BCUT2D eigenvalue weighted by Gasteiger charge is -2.33. The number of carbonyl (C=O) groups is 1. The van der Waals surface area contributed by atoms with Crippen LogP contribution in [0.4, 0.5) is 0 Å². The average molecular weight is 661 g/mol. The number of piperazine rings is 1. The van der Waals surface area contributed by atoms with Crippen LogP contribution in [0.25, 0.3) is 22.0 Å². The third-order valence-corrected chi connectivity index (χ3v) is 11.4. The zero-order chi connectivity index (χ0) is 33.3. The highest BCUT2D eigenvalue weighted by Crippen LogP contribution is 2.38. The minimum absolute atomic E-state index is 0.0754. The topological polar surface area (TPSA) is 130 Å². The molecule has 0 spiro atoms. The molecule has 0 radical (unpaired) electrons. The number of fused-ring (bicyclic) bond motifs is 1. The molecule has 1 saturated heterocycles. The number of nitrogens with one attached hydrogen (secondary N) is 2. The summed E-state index contributed by atoms with van der Waals surface area (Å²) in [4.78, 5) is 31.8. The van der Waals surface area contributed by atoms with E-state index in [1.807, 2.05) is 37.6 Å². The van der Waals surface area contributed by atoms with Crippen LogP contribution in [-0.2, 0) is 16.6 Å². The minimum atomic E-state index is -3.72. The summed E-state index contributed by atoms with van der Waals surface area (Å²) in [6.45, 7) is 11.2. The van der Waals surface area contributed by atoms with Gasteiger partial charge in [-0.25, -0.2) is 8.42 Å². The second-order valence-electron chi connectivity index (χ2n) is 12.5. The van der Waals surface area contributed by atoms with Crippen LogP contribution < -0.4 is 15.6 Å². The first-order chi connectivity index (χ1) is 22.6. The number of nitrogens with zero attached hydrogens (tertiary/aromatic N) is 4. The van der Waals surface area contributed by atoms with Crippen molar-refractivity contribution in [2.75, 3.05) is 39.3 Å². The van der Waals surface area contributed by atoms with Crippen LogP contribution in [0.3, 0.4) is 0 Å². The molecule has 0 unspecified atom stereocenters. The molecule has 1 saturated carbocycles. The van der Waals surface area contributed by atoms with Crippen LogP contribution in [-0.4, -0.2) is 77.6 Å². The van der Waals surface area contributed by atoms with E-state index in [0.717, 1.165) is 60.0 Å². The van der Waals surface area contributed by atoms with E-state index in [9.17, 15) is 18.0 Å². The number of hydrogen-bond donors (Lipinski definition) is 2. The Bertz CT molecular complexity index is 1950. The van der Waals surface area contributed by atoms with E-state index < -0.39 is 10.0 Å². The maximum atomic E-state index is 13.9. The second kappa shape index (κ2) is 13.6. The van der Waals surface area contributed by atoms with Gasteiger partial charge in [0.15, 0.2) is 0 Å². The van der Waals surface area contributed by atoms with Gasteiger partial charge in [0.25, 0.3) is 11.5 Å². The first-order valence-corrected chi connectivity index (χ1v) is 18.0. The molecule has 6 rings (SSSR count). The van der Waals surface area contributed by atoms with Crippen molar-refractivity contribution in [1.82, 2.24) is 29.3 Å². The standard InChI is InChI=1S/C35H44N6O5S/c1-5-39-13-15-40(16-14-39)47(44,45)27-11-12-28(33(20-27)46-6-2)25-18-29(31-22-37-41(32(31)19-25)26-9-7-8-10-26)34(42)36-21-30-23(3)17-24(4)38-35(30)43/h11-12,17-20,22,26H,5-10,13-16,21H2,1-4H3,(H,36,42)(H,38,43). The van der Waals surface area contributed by atoms with E-state index in [-0.39, 0.29) is 28.9 Å². The molecular formula is C35H44N6O5S. The molecule has 4 aromatic rings. The zero-order valence-corrected chi connectivity index (χ0v) is 28.5. The van der Waals surface area contributed by atoms with Crippen molar-refractivity contribution >= 4 is 26.8 Å². The summed E-state index contributed by atoms with van der Waals surface area (Å²) in [5.41, 5.74) is 4.51. The molecule has 1 aliphatic heterocycles. The van der Waals surface area contributed by atoms with E-state index >= 15 is 0 Å². The first-order valence-electron chi connectivity index (χ1n) is 16.6. The Hall–Kier alpha value is -4.00. The Kier molecular flexibility index (Phi) is 9.54. The van der Waals surface area contributed by atoms with Gasteiger partial charge in [0.1, 0.15) is 5.75 Å². The smallest absolute Gasteiger partial charge is 0.253 e. The van der Waals surface area contributed by atoms with Gasteiger partial charge in [-0.3, -0.25) is 14.3 Å². The fraction of sp³-hybridized carbons (Fsp3) is 0.457. The lowest BCUT2D eigenvalue weighted by atomic mass is 9.98. The van der Waals surface area contributed by atoms with Crippen molar-refractivity contribution in [2.24, 2.45) is 0 Å².